The predicted octanol–water partition coefficient (Wildman–Crippen LogP) is 3.93. The summed E-state index contributed by atoms with van der Waals surface area (Å²) in [5, 5.41) is 12.4. The summed E-state index contributed by atoms with van der Waals surface area (Å²) >= 11 is 6.03. The van der Waals surface area contributed by atoms with Crippen molar-refractivity contribution in [3.63, 3.8) is 0 Å². The molecule has 25 heavy (non-hydrogen) atoms. The third kappa shape index (κ3) is 6.20. The van der Waals surface area contributed by atoms with Crippen LogP contribution in [-0.2, 0) is 13.2 Å². The van der Waals surface area contributed by atoms with Crippen LogP contribution in [0.1, 0.15) is 24.5 Å². The Bertz CT molecular complexity index is 682. The second-order valence-electron chi connectivity index (χ2n) is 5.49. The van der Waals surface area contributed by atoms with Gasteiger partial charge in [-0.25, -0.2) is 4.39 Å². The first-order chi connectivity index (χ1) is 12.1. The minimum absolute atomic E-state index is 0.177. The highest BCUT2D eigenvalue weighted by Crippen LogP contribution is 2.30. The van der Waals surface area contributed by atoms with Gasteiger partial charge in [0.1, 0.15) is 12.4 Å². The van der Waals surface area contributed by atoms with E-state index in [0.717, 1.165) is 18.5 Å². The summed E-state index contributed by atoms with van der Waals surface area (Å²) in [7, 11) is 0. The van der Waals surface area contributed by atoms with Crippen LogP contribution in [0.25, 0.3) is 0 Å². The zero-order chi connectivity index (χ0) is 18.1. The van der Waals surface area contributed by atoms with Crippen molar-refractivity contribution in [3.05, 3.63) is 58.4 Å². The number of aliphatic hydroxyl groups is 1. The van der Waals surface area contributed by atoms with E-state index in [4.69, 9.17) is 26.2 Å². The molecule has 0 radical (unpaired) electrons. The Labute approximate surface area is 152 Å². The third-order valence-corrected chi connectivity index (χ3v) is 3.90. The quantitative estimate of drug-likeness (QED) is 0.625. The molecule has 0 aliphatic heterocycles. The van der Waals surface area contributed by atoms with Crippen molar-refractivity contribution in [3.8, 4) is 11.5 Å². The van der Waals surface area contributed by atoms with Crippen molar-refractivity contribution < 1.29 is 19.0 Å². The number of rotatable bonds is 10. The Hall–Kier alpha value is -1.82. The first kappa shape index (κ1) is 19.5. The van der Waals surface area contributed by atoms with E-state index >= 15 is 0 Å². The van der Waals surface area contributed by atoms with Crippen LogP contribution in [0.3, 0.4) is 0 Å². The Morgan fingerprint density at radius 1 is 1.12 bits per heavy atom. The van der Waals surface area contributed by atoms with Crippen LogP contribution in [-0.4, -0.2) is 24.9 Å². The molecule has 0 aromatic heterocycles. The molecule has 2 aromatic rings. The lowest BCUT2D eigenvalue weighted by Gasteiger charge is -2.14. The van der Waals surface area contributed by atoms with Gasteiger partial charge in [-0.15, -0.1) is 0 Å². The van der Waals surface area contributed by atoms with Crippen LogP contribution in [0.5, 0.6) is 11.5 Å². The molecule has 0 heterocycles. The van der Waals surface area contributed by atoms with E-state index in [1.54, 1.807) is 6.07 Å². The molecule has 0 aliphatic carbocycles. The van der Waals surface area contributed by atoms with Crippen LogP contribution >= 0.6 is 11.6 Å². The molecule has 136 valence electrons. The van der Waals surface area contributed by atoms with E-state index < -0.39 is 0 Å². The Morgan fingerprint density at radius 2 is 1.96 bits per heavy atom. The van der Waals surface area contributed by atoms with Crippen LogP contribution in [0.4, 0.5) is 4.39 Å². The number of ether oxygens (including phenoxy) is 2. The van der Waals surface area contributed by atoms with Crippen LogP contribution in [0.2, 0.25) is 5.02 Å². The van der Waals surface area contributed by atoms with E-state index in [2.05, 4.69) is 5.32 Å². The number of hydrogen-bond donors (Lipinski definition) is 2. The van der Waals surface area contributed by atoms with Gasteiger partial charge in [0, 0.05) is 18.7 Å². The third-order valence-electron chi connectivity index (χ3n) is 3.55. The molecule has 6 heteroatoms. The largest absolute Gasteiger partial charge is 0.490 e. The second kappa shape index (κ2) is 10.2. The van der Waals surface area contributed by atoms with Gasteiger partial charge in [-0.05, 0) is 49.7 Å². The highest BCUT2D eigenvalue weighted by molar-refractivity contribution is 6.31. The van der Waals surface area contributed by atoms with Gasteiger partial charge in [-0.1, -0.05) is 23.7 Å². The fraction of sp³-hybridized carbons (Fsp3) is 0.368. The summed E-state index contributed by atoms with van der Waals surface area (Å²) in [6, 6.07) is 9.97. The normalized spacial score (nSPS) is 10.7. The highest BCUT2D eigenvalue weighted by Gasteiger charge is 2.09. The number of aliphatic hydroxyl groups excluding tert-OH is 1. The van der Waals surface area contributed by atoms with Crippen molar-refractivity contribution >= 4 is 11.6 Å². The average molecular weight is 368 g/mol. The molecular formula is C19H23ClFNO3. The maximum absolute atomic E-state index is 13.1. The molecule has 0 amide bonds. The fourth-order valence-electron chi connectivity index (χ4n) is 2.28. The Kier molecular flexibility index (Phi) is 7.98. The van der Waals surface area contributed by atoms with Gasteiger partial charge < -0.3 is 19.9 Å². The van der Waals surface area contributed by atoms with Crippen LogP contribution in [0, 0.1) is 5.82 Å². The van der Waals surface area contributed by atoms with Crippen LogP contribution in [0.15, 0.2) is 36.4 Å². The molecule has 2 rings (SSSR count). The number of halogens is 2. The smallest absolute Gasteiger partial charge is 0.161 e. The van der Waals surface area contributed by atoms with Gasteiger partial charge in [0.05, 0.1) is 11.6 Å². The monoisotopic (exact) mass is 367 g/mol. The second-order valence-corrected chi connectivity index (χ2v) is 5.90. The first-order valence-electron chi connectivity index (χ1n) is 8.28. The molecular weight excluding hydrogens is 345 g/mol. The number of benzene rings is 2. The number of nitrogens with one attached hydrogen (secondary N) is 1. The summed E-state index contributed by atoms with van der Waals surface area (Å²) in [6.45, 7) is 4.27. The molecule has 0 aliphatic rings. The SMILES string of the molecule is CCOc1cc(CNCCCO)ccc1OCc1ccc(F)cc1Cl. The summed E-state index contributed by atoms with van der Waals surface area (Å²) in [6.07, 6.45) is 0.720. The minimum atomic E-state index is -0.373. The summed E-state index contributed by atoms with van der Waals surface area (Å²) in [5.41, 5.74) is 1.77. The van der Waals surface area contributed by atoms with E-state index in [1.165, 1.54) is 12.1 Å². The Morgan fingerprint density at radius 3 is 2.68 bits per heavy atom. The van der Waals surface area contributed by atoms with Gasteiger partial charge >= 0.3 is 0 Å². The number of hydrogen-bond acceptors (Lipinski definition) is 4. The summed E-state index contributed by atoms with van der Waals surface area (Å²) < 4.78 is 24.6. The lowest BCUT2D eigenvalue weighted by Crippen LogP contribution is -2.15. The summed E-state index contributed by atoms with van der Waals surface area (Å²) in [5.74, 6) is 0.894. The molecule has 0 fully saturated rings. The molecule has 4 nitrogen and oxygen atoms in total. The van der Waals surface area contributed by atoms with Gasteiger partial charge in [-0.2, -0.15) is 0 Å². The van der Waals surface area contributed by atoms with Crippen molar-refractivity contribution in [1.29, 1.82) is 0 Å². The van der Waals surface area contributed by atoms with Crippen molar-refractivity contribution in [2.24, 2.45) is 0 Å². The molecule has 0 atom stereocenters. The molecule has 2 aromatic carbocycles. The summed E-state index contributed by atoms with van der Waals surface area (Å²) in [4.78, 5) is 0. The molecule has 0 saturated carbocycles. The van der Waals surface area contributed by atoms with Crippen molar-refractivity contribution in [2.45, 2.75) is 26.5 Å². The van der Waals surface area contributed by atoms with Gasteiger partial charge in [-0.3, -0.25) is 0 Å². The first-order valence-corrected chi connectivity index (χ1v) is 8.66. The maximum atomic E-state index is 13.1. The zero-order valence-corrected chi connectivity index (χ0v) is 15.0. The van der Waals surface area contributed by atoms with E-state index in [9.17, 15) is 4.39 Å². The fourth-order valence-corrected chi connectivity index (χ4v) is 2.50. The molecule has 0 bridgehead atoms. The molecule has 0 unspecified atom stereocenters. The van der Waals surface area contributed by atoms with E-state index in [-0.39, 0.29) is 19.0 Å². The van der Waals surface area contributed by atoms with Gasteiger partial charge in [0.25, 0.3) is 0 Å². The van der Waals surface area contributed by atoms with E-state index in [0.29, 0.717) is 35.2 Å². The average Bonchev–Trinajstić information content (AvgIpc) is 2.59. The zero-order valence-electron chi connectivity index (χ0n) is 14.2. The minimum Gasteiger partial charge on any atom is -0.490 e. The molecule has 2 N–H and O–H groups in total. The van der Waals surface area contributed by atoms with Crippen molar-refractivity contribution in [2.75, 3.05) is 19.8 Å². The lowest BCUT2D eigenvalue weighted by atomic mass is 10.2. The standard InChI is InChI=1S/C19H23ClFNO3/c1-2-24-19-10-14(12-22-8-3-9-23)4-7-18(19)25-13-15-5-6-16(21)11-17(15)20/h4-7,10-11,22-23H,2-3,8-9,12-13H2,1H3. The topological polar surface area (TPSA) is 50.7 Å². The maximum Gasteiger partial charge on any atom is 0.161 e. The van der Waals surface area contributed by atoms with Crippen molar-refractivity contribution in [1.82, 2.24) is 5.32 Å². The molecule has 0 saturated heterocycles. The van der Waals surface area contributed by atoms with Gasteiger partial charge in [0.15, 0.2) is 11.5 Å². The lowest BCUT2D eigenvalue weighted by molar-refractivity contribution is 0.269. The van der Waals surface area contributed by atoms with E-state index in [1.807, 2.05) is 25.1 Å². The Balaban J connectivity index is 2.03. The molecule has 0 spiro atoms. The van der Waals surface area contributed by atoms with Crippen LogP contribution < -0.4 is 14.8 Å². The van der Waals surface area contributed by atoms with Gasteiger partial charge in [0.2, 0.25) is 0 Å². The predicted molar refractivity (Wildman–Crippen MR) is 96.8 cm³/mol. The highest BCUT2D eigenvalue weighted by atomic mass is 35.5.